The normalized spacial score (nSPS) is 10.1. The molecule has 0 atom stereocenters. The molecule has 20 heavy (non-hydrogen) atoms. The summed E-state index contributed by atoms with van der Waals surface area (Å²) in [6, 6.07) is 10.8. The highest BCUT2D eigenvalue weighted by Crippen LogP contribution is 2.23. The second-order valence-corrected chi connectivity index (χ2v) is 4.97. The standard InChI is InChI=1S/C14H11BrN2O3/c15-9-3-6-11(12(18)7-9)14(20)17-10-4-1-8(2-5-10)13(16)19/h1-7,18H,(H2,16,19)(H,17,20). The van der Waals surface area contributed by atoms with Gasteiger partial charge >= 0.3 is 0 Å². The number of rotatable bonds is 3. The van der Waals surface area contributed by atoms with Gasteiger partial charge in [0, 0.05) is 15.7 Å². The van der Waals surface area contributed by atoms with Crippen LogP contribution in [0.3, 0.4) is 0 Å². The molecule has 0 fully saturated rings. The Bertz CT molecular complexity index is 669. The Morgan fingerprint density at radius 1 is 1.10 bits per heavy atom. The van der Waals surface area contributed by atoms with Crippen LogP contribution in [0.25, 0.3) is 0 Å². The van der Waals surface area contributed by atoms with Crippen LogP contribution in [0.4, 0.5) is 5.69 Å². The summed E-state index contributed by atoms with van der Waals surface area (Å²) in [5, 5.41) is 12.3. The number of hydrogen-bond donors (Lipinski definition) is 3. The minimum absolute atomic E-state index is 0.120. The molecule has 2 rings (SSSR count). The number of carbonyl (C=O) groups is 2. The molecule has 2 aromatic rings. The predicted octanol–water partition coefficient (Wildman–Crippen LogP) is 2.51. The largest absolute Gasteiger partial charge is 0.507 e. The number of carbonyl (C=O) groups excluding carboxylic acids is 2. The second-order valence-electron chi connectivity index (χ2n) is 4.06. The van der Waals surface area contributed by atoms with Gasteiger partial charge in [-0.15, -0.1) is 0 Å². The van der Waals surface area contributed by atoms with Gasteiger partial charge in [-0.2, -0.15) is 0 Å². The summed E-state index contributed by atoms with van der Waals surface area (Å²) >= 11 is 3.20. The fourth-order valence-electron chi connectivity index (χ4n) is 1.61. The number of hydrogen-bond acceptors (Lipinski definition) is 3. The van der Waals surface area contributed by atoms with Crippen molar-refractivity contribution in [1.29, 1.82) is 0 Å². The van der Waals surface area contributed by atoms with E-state index in [0.29, 0.717) is 15.7 Å². The van der Waals surface area contributed by atoms with E-state index in [4.69, 9.17) is 5.73 Å². The molecule has 0 radical (unpaired) electrons. The molecule has 2 aromatic carbocycles. The van der Waals surface area contributed by atoms with E-state index >= 15 is 0 Å². The van der Waals surface area contributed by atoms with E-state index in [1.165, 1.54) is 24.3 Å². The number of aromatic hydroxyl groups is 1. The number of primary amides is 1. The molecule has 0 aliphatic carbocycles. The van der Waals surface area contributed by atoms with Crippen LogP contribution >= 0.6 is 15.9 Å². The van der Waals surface area contributed by atoms with Crippen LogP contribution in [0, 0.1) is 0 Å². The highest BCUT2D eigenvalue weighted by molar-refractivity contribution is 9.10. The van der Waals surface area contributed by atoms with E-state index in [-0.39, 0.29) is 11.3 Å². The smallest absolute Gasteiger partial charge is 0.259 e. The number of amides is 2. The number of nitrogens with one attached hydrogen (secondary N) is 1. The lowest BCUT2D eigenvalue weighted by atomic mass is 10.1. The lowest BCUT2D eigenvalue weighted by Crippen LogP contribution is -2.13. The Labute approximate surface area is 123 Å². The van der Waals surface area contributed by atoms with E-state index in [9.17, 15) is 14.7 Å². The van der Waals surface area contributed by atoms with Gasteiger partial charge in [-0.25, -0.2) is 0 Å². The lowest BCUT2D eigenvalue weighted by molar-refractivity contribution is 0.0998. The number of nitrogens with two attached hydrogens (primary N) is 1. The van der Waals surface area contributed by atoms with Gasteiger partial charge in [0.1, 0.15) is 5.75 Å². The Morgan fingerprint density at radius 3 is 2.30 bits per heavy atom. The van der Waals surface area contributed by atoms with Gasteiger partial charge in [0.05, 0.1) is 5.56 Å². The third-order valence-corrected chi connectivity index (χ3v) is 3.12. The van der Waals surface area contributed by atoms with E-state index in [1.54, 1.807) is 18.2 Å². The van der Waals surface area contributed by atoms with E-state index < -0.39 is 11.8 Å². The third kappa shape index (κ3) is 3.16. The Hall–Kier alpha value is -2.34. The summed E-state index contributed by atoms with van der Waals surface area (Å²) in [7, 11) is 0. The van der Waals surface area contributed by atoms with Crippen molar-refractivity contribution in [3.8, 4) is 5.75 Å². The molecule has 2 amide bonds. The summed E-state index contributed by atoms with van der Waals surface area (Å²) in [5.74, 6) is -1.10. The van der Waals surface area contributed by atoms with Gasteiger partial charge in [-0.05, 0) is 42.5 Å². The van der Waals surface area contributed by atoms with E-state index in [0.717, 1.165) is 0 Å². The van der Waals surface area contributed by atoms with Crippen LogP contribution in [-0.4, -0.2) is 16.9 Å². The van der Waals surface area contributed by atoms with Gasteiger partial charge in [0.2, 0.25) is 5.91 Å². The molecule has 102 valence electrons. The van der Waals surface area contributed by atoms with Crippen molar-refractivity contribution in [3.63, 3.8) is 0 Å². The first-order valence-corrected chi connectivity index (χ1v) is 6.46. The molecule has 0 aliphatic heterocycles. The zero-order valence-electron chi connectivity index (χ0n) is 10.3. The minimum atomic E-state index is -0.534. The van der Waals surface area contributed by atoms with Crippen molar-refractivity contribution < 1.29 is 14.7 Å². The van der Waals surface area contributed by atoms with Crippen LogP contribution in [0.2, 0.25) is 0 Å². The first-order valence-electron chi connectivity index (χ1n) is 5.67. The first-order chi connectivity index (χ1) is 9.47. The van der Waals surface area contributed by atoms with Crippen molar-refractivity contribution in [2.24, 2.45) is 5.73 Å². The maximum Gasteiger partial charge on any atom is 0.259 e. The number of benzene rings is 2. The van der Waals surface area contributed by atoms with E-state index in [2.05, 4.69) is 21.2 Å². The number of halogens is 1. The molecule has 4 N–H and O–H groups in total. The summed E-state index contributed by atoms with van der Waals surface area (Å²) in [4.78, 5) is 22.9. The summed E-state index contributed by atoms with van der Waals surface area (Å²) in [6.07, 6.45) is 0. The third-order valence-electron chi connectivity index (χ3n) is 2.63. The molecule has 0 spiro atoms. The van der Waals surface area contributed by atoms with Crippen molar-refractivity contribution in [3.05, 3.63) is 58.1 Å². The predicted molar refractivity (Wildman–Crippen MR) is 78.7 cm³/mol. The zero-order valence-corrected chi connectivity index (χ0v) is 11.8. The molecule has 0 aliphatic rings. The molecule has 5 nitrogen and oxygen atoms in total. The Morgan fingerprint density at radius 2 is 1.75 bits per heavy atom. The molecule has 0 heterocycles. The monoisotopic (exact) mass is 334 g/mol. The Kier molecular flexibility index (Phi) is 4.05. The highest BCUT2D eigenvalue weighted by Gasteiger charge is 2.11. The van der Waals surface area contributed by atoms with Crippen LogP contribution in [0.5, 0.6) is 5.75 Å². The van der Waals surface area contributed by atoms with Crippen LogP contribution in [0.1, 0.15) is 20.7 Å². The van der Waals surface area contributed by atoms with Crippen molar-refractivity contribution in [2.45, 2.75) is 0 Å². The number of anilines is 1. The fraction of sp³-hybridized carbons (Fsp3) is 0. The van der Waals surface area contributed by atoms with Gasteiger partial charge in [-0.3, -0.25) is 9.59 Å². The SMILES string of the molecule is NC(=O)c1ccc(NC(=O)c2ccc(Br)cc2O)cc1. The van der Waals surface area contributed by atoms with Gasteiger partial charge in [0.25, 0.3) is 5.91 Å². The first kappa shape index (κ1) is 14.1. The molecule has 0 unspecified atom stereocenters. The molecule has 0 saturated heterocycles. The topological polar surface area (TPSA) is 92.4 Å². The molecular formula is C14H11BrN2O3. The number of phenolic OH excluding ortho intramolecular Hbond substituents is 1. The summed E-state index contributed by atoms with van der Waals surface area (Å²) < 4.78 is 0.678. The molecule has 0 aromatic heterocycles. The Balaban J connectivity index is 2.17. The zero-order chi connectivity index (χ0) is 14.7. The van der Waals surface area contributed by atoms with Crippen molar-refractivity contribution in [2.75, 3.05) is 5.32 Å². The molecule has 6 heteroatoms. The van der Waals surface area contributed by atoms with Gasteiger partial charge in [-0.1, -0.05) is 15.9 Å². The maximum absolute atomic E-state index is 12.0. The van der Waals surface area contributed by atoms with Crippen molar-refractivity contribution in [1.82, 2.24) is 0 Å². The lowest BCUT2D eigenvalue weighted by Gasteiger charge is -2.07. The number of phenols is 1. The highest BCUT2D eigenvalue weighted by atomic mass is 79.9. The van der Waals surface area contributed by atoms with Gasteiger partial charge in [0.15, 0.2) is 0 Å². The average Bonchev–Trinajstić information content (AvgIpc) is 2.39. The minimum Gasteiger partial charge on any atom is -0.507 e. The quantitative estimate of drug-likeness (QED) is 0.805. The maximum atomic E-state index is 12.0. The average molecular weight is 335 g/mol. The van der Waals surface area contributed by atoms with Crippen LogP contribution in [0.15, 0.2) is 46.9 Å². The fourth-order valence-corrected chi connectivity index (χ4v) is 1.96. The van der Waals surface area contributed by atoms with E-state index in [1.807, 2.05) is 0 Å². The summed E-state index contributed by atoms with van der Waals surface area (Å²) in [6.45, 7) is 0. The molecular weight excluding hydrogens is 324 g/mol. The van der Waals surface area contributed by atoms with Crippen LogP contribution < -0.4 is 11.1 Å². The molecule has 0 saturated carbocycles. The van der Waals surface area contributed by atoms with Gasteiger partial charge < -0.3 is 16.2 Å². The van der Waals surface area contributed by atoms with Crippen molar-refractivity contribution >= 4 is 33.4 Å². The second kappa shape index (κ2) is 5.75. The summed E-state index contributed by atoms with van der Waals surface area (Å²) in [5.41, 5.74) is 6.14. The van der Waals surface area contributed by atoms with Crippen LogP contribution in [-0.2, 0) is 0 Å². The molecule has 0 bridgehead atoms.